The monoisotopic (exact) mass is 310 g/mol. The number of carbonyl (C=O) groups is 1. The van der Waals surface area contributed by atoms with E-state index < -0.39 is 23.6 Å². The SMILES string of the molecule is CC(C(=O)O)c1cccc(Oc2cccc(C(F)(F)F)c2)c1. The van der Waals surface area contributed by atoms with Gasteiger partial charge >= 0.3 is 12.1 Å². The summed E-state index contributed by atoms with van der Waals surface area (Å²) in [6, 6.07) is 10.8. The van der Waals surface area contributed by atoms with Crippen molar-refractivity contribution >= 4 is 5.97 Å². The summed E-state index contributed by atoms with van der Waals surface area (Å²) in [4.78, 5) is 11.0. The van der Waals surface area contributed by atoms with Gasteiger partial charge in [0, 0.05) is 0 Å². The van der Waals surface area contributed by atoms with Gasteiger partial charge in [-0.2, -0.15) is 13.2 Å². The van der Waals surface area contributed by atoms with Crippen molar-refractivity contribution in [1.29, 1.82) is 0 Å². The molecule has 1 N–H and O–H groups in total. The van der Waals surface area contributed by atoms with Crippen LogP contribution in [0.3, 0.4) is 0 Å². The second-order valence-electron chi connectivity index (χ2n) is 4.76. The first kappa shape index (κ1) is 15.9. The predicted octanol–water partition coefficient (Wildman–Crippen LogP) is 4.69. The molecule has 0 aliphatic carbocycles. The first-order chi connectivity index (χ1) is 10.3. The van der Waals surface area contributed by atoms with Gasteiger partial charge in [-0.25, -0.2) is 0 Å². The summed E-state index contributed by atoms with van der Waals surface area (Å²) in [6.07, 6.45) is -4.45. The van der Waals surface area contributed by atoms with Crippen LogP contribution in [0.15, 0.2) is 48.5 Å². The fourth-order valence-electron chi connectivity index (χ4n) is 1.86. The Balaban J connectivity index is 2.25. The number of benzene rings is 2. The predicted molar refractivity (Wildman–Crippen MR) is 74.0 cm³/mol. The highest BCUT2D eigenvalue weighted by Crippen LogP contribution is 2.33. The van der Waals surface area contributed by atoms with E-state index in [1.165, 1.54) is 25.1 Å². The highest BCUT2D eigenvalue weighted by atomic mass is 19.4. The molecule has 0 saturated carbocycles. The highest BCUT2D eigenvalue weighted by molar-refractivity contribution is 5.75. The molecule has 22 heavy (non-hydrogen) atoms. The molecule has 0 fully saturated rings. The summed E-state index contributed by atoms with van der Waals surface area (Å²) >= 11 is 0. The number of aliphatic carboxylic acids is 1. The number of carboxylic acids is 1. The Morgan fingerprint density at radius 2 is 1.68 bits per heavy atom. The average molecular weight is 310 g/mol. The number of ether oxygens (including phenoxy) is 1. The van der Waals surface area contributed by atoms with Crippen LogP contribution in [-0.2, 0) is 11.0 Å². The van der Waals surface area contributed by atoms with Crippen molar-refractivity contribution in [3.63, 3.8) is 0 Å². The van der Waals surface area contributed by atoms with Crippen LogP contribution in [-0.4, -0.2) is 11.1 Å². The van der Waals surface area contributed by atoms with E-state index >= 15 is 0 Å². The van der Waals surface area contributed by atoms with Gasteiger partial charge in [-0.3, -0.25) is 4.79 Å². The molecule has 0 aliphatic rings. The normalized spacial score (nSPS) is 12.7. The second-order valence-corrected chi connectivity index (χ2v) is 4.76. The molecule has 6 heteroatoms. The van der Waals surface area contributed by atoms with Gasteiger partial charge in [-0.05, 0) is 42.8 Å². The van der Waals surface area contributed by atoms with Gasteiger partial charge < -0.3 is 9.84 Å². The van der Waals surface area contributed by atoms with Crippen LogP contribution in [0.25, 0.3) is 0 Å². The first-order valence-electron chi connectivity index (χ1n) is 6.45. The largest absolute Gasteiger partial charge is 0.481 e. The van der Waals surface area contributed by atoms with Crippen molar-refractivity contribution in [1.82, 2.24) is 0 Å². The van der Waals surface area contributed by atoms with Crippen LogP contribution in [0.5, 0.6) is 11.5 Å². The van der Waals surface area contributed by atoms with Crippen molar-refractivity contribution < 1.29 is 27.8 Å². The lowest BCUT2D eigenvalue weighted by Gasteiger charge is -2.12. The molecule has 2 aromatic carbocycles. The number of rotatable bonds is 4. The topological polar surface area (TPSA) is 46.5 Å². The van der Waals surface area contributed by atoms with Gasteiger partial charge in [-0.15, -0.1) is 0 Å². The molecule has 2 aromatic rings. The van der Waals surface area contributed by atoms with Crippen molar-refractivity contribution in [3.05, 3.63) is 59.7 Å². The van der Waals surface area contributed by atoms with Gasteiger partial charge in [0.1, 0.15) is 11.5 Å². The first-order valence-corrected chi connectivity index (χ1v) is 6.45. The molecule has 1 atom stereocenters. The van der Waals surface area contributed by atoms with Crippen LogP contribution in [0.4, 0.5) is 13.2 Å². The number of halogens is 3. The molecule has 0 bridgehead atoms. The number of carboxylic acid groups (broad SMARTS) is 1. The zero-order valence-corrected chi connectivity index (χ0v) is 11.6. The van der Waals surface area contributed by atoms with E-state index in [0.717, 1.165) is 12.1 Å². The summed E-state index contributed by atoms with van der Waals surface area (Å²) in [5.74, 6) is -1.40. The maximum Gasteiger partial charge on any atom is 0.416 e. The smallest absolute Gasteiger partial charge is 0.416 e. The molecule has 0 amide bonds. The van der Waals surface area contributed by atoms with E-state index in [1.807, 2.05) is 0 Å². The van der Waals surface area contributed by atoms with E-state index in [-0.39, 0.29) is 11.5 Å². The summed E-state index contributed by atoms with van der Waals surface area (Å²) in [6.45, 7) is 1.52. The van der Waals surface area contributed by atoms with E-state index in [1.54, 1.807) is 18.2 Å². The third-order valence-electron chi connectivity index (χ3n) is 3.13. The lowest BCUT2D eigenvalue weighted by atomic mass is 10.0. The fraction of sp³-hybridized carbons (Fsp3) is 0.188. The minimum absolute atomic E-state index is 0.0370. The van der Waals surface area contributed by atoms with Crippen molar-refractivity contribution in [3.8, 4) is 11.5 Å². The van der Waals surface area contributed by atoms with Gasteiger partial charge in [0.2, 0.25) is 0 Å². The van der Waals surface area contributed by atoms with Crippen molar-refractivity contribution in [2.45, 2.75) is 19.0 Å². The average Bonchev–Trinajstić information content (AvgIpc) is 2.46. The molecular formula is C16H13F3O3. The van der Waals surface area contributed by atoms with Crippen molar-refractivity contribution in [2.75, 3.05) is 0 Å². The standard InChI is InChI=1S/C16H13F3O3/c1-10(15(20)21)11-4-2-6-13(8-11)22-14-7-3-5-12(9-14)16(17,18)19/h2-10H,1H3,(H,20,21). The summed E-state index contributed by atoms with van der Waals surface area (Å²) in [5, 5.41) is 8.98. The molecule has 0 aliphatic heterocycles. The molecule has 3 nitrogen and oxygen atoms in total. The molecule has 0 aromatic heterocycles. The van der Waals surface area contributed by atoms with E-state index in [2.05, 4.69) is 0 Å². The Hall–Kier alpha value is -2.50. The van der Waals surface area contributed by atoms with Crippen LogP contribution >= 0.6 is 0 Å². The minimum atomic E-state index is -4.45. The van der Waals surface area contributed by atoms with Gasteiger partial charge in [-0.1, -0.05) is 18.2 Å². The molecule has 0 heterocycles. The van der Waals surface area contributed by atoms with E-state index in [9.17, 15) is 18.0 Å². The Bertz CT molecular complexity index is 680. The van der Waals surface area contributed by atoms with E-state index in [0.29, 0.717) is 5.56 Å². The van der Waals surface area contributed by atoms with Crippen LogP contribution < -0.4 is 4.74 Å². The van der Waals surface area contributed by atoms with Crippen LogP contribution in [0, 0.1) is 0 Å². The second kappa shape index (κ2) is 6.09. The minimum Gasteiger partial charge on any atom is -0.481 e. The molecular weight excluding hydrogens is 297 g/mol. The fourth-order valence-corrected chi connectivity index (χ4v) is 1.86. The van der Waals surface area contributed by atoms with Crippen LogP contribution in [0.1, 0.15) is 24.0 Å². The van der Waals surface area contributed by atoms with Gasteiger partial charge in [0.05, 0.1) is 11.5 Å². The zero-order chi connectivity index (χ0) is 16.3. The molecule has 0 spiro atoms. The highest BCUT2D eigenvalue weighted by Gasteiger charge is 2.30. The summed E-state index contributed by atoms with van der Waals surface area (Å²) in [7, 11) is 0. The Morgan fingerprint density at radius 3 is 2.27 bits per heavy atom. The Morgan fingerprint density at radius 1 is 1.09 bits per heavy atom. The van der Waals surface area contributed by atoms with Crippen molar-refractivity contribution in [2.24, 2.45) is 0 Å². The van der Waals surface area contributed by atoms with Gasteiger partial charge in [0.25, 0.3) is 0 Å². The quantitative estimate of drug-likeness (QED) is 0.891. The molecule has 0 radical (unpaired) electrons. The lowest BCUT2D eigenvalue weighted by molar-refractivity contribution is -0.139. The molecule has 2 rings (SSSR count). The third kappa shape index (κ3) is 3.78. The number of hydrogen-bond donors (Lipinski definition) is 1. The summed E-state index contributed by atoms with van der Waals surface area (Å²) in [5.41, 5.74) is -0.294. The van der Waals surface area contributed by atoms with Gasteiger partial charge in [0.15, 0.2) is 0 Å². The lowest BCUT2D eigenvalue weighted by Crippen LogP contribution is -2.07. The Kier molecular flexibility index (Phi) is 4.40. The third-order valence-corrected chi connectivity index (χ3v) is 3.13. The molecule has 116 valence electrons. The summed E-state index contributed by atoms with van der Waals surface area (Å²) < 4.78 is 43.3. The van der Waals surface area contributed by atoms with E-state index in [4.69, 9.17) is 9.84 Å². The Labute approximate surface area is 125 Å². The van der Waals surface area contributed by atoms with Crippen LogP contribution in [0.2, 0.25) is 0 Å². The molecule has 1 unspecified atom stereocenters. The number of alkyl halides is 3. The maximum atomic E-state index is 12.6. The zero-order valence-electron chi connectivity index (χ0n) is 11.6. The number of hydrogen-bond acceptors (Lipinski definition) is 2. The molecule has 0 saturated heterocycles. The maximum absolute atomic E-state index is 12.6.